The van der Waals surface area contributed by atoms with Gasteiger partial charge in [0.25, 0.3) is 0 Å². The van der Waals surface area contributed by atoms with Crippen LogP contribution >= 0.6 is 0 Å². The van der Waals surface area contributed by atoms with Crippen LogP contribution in [-0.2, 0) is 0 Å². The van der Waals surface area contributed by atoms with Crippen LogP contribution < -0.4 is 4.74 Å². The van der Waals surface area contributed by atoms with Crippen LogP contribution in [0.2, 0.25) is 0 Å². The number of phenols is 1. The maximum Gasteiger partial charge on any atom is 0.137 e. The quantitative estimate of drug-likeness (QED) is 0.710. The van der Waals surface area contributed by atoms with E-state index >= 15 is 0 Å². The van der Waals surface area contributed by atoms with E-state index in [9.17, 15) is 10.2 Å². The standard InChI is InChI=1S/C11H10O3/c1-2-7-6-9(13)11-8(12)4-3-5-10(11)14-7/h2-6,9,12-13H,1H2. The number of aromatic hydroxyl groups is 1. The molecule has 0 spiro atoms. The fourth-order valence-electron chi connectivity index (χ4n) is 1.43. The normalized spacial score (nSPS) is 19.2. The van der Waals surface area contributed by atoms with Crippen molar-refractivity contribution in [2.24, 2.45) is 0 Å². The third kappa shape index (κ3) is 1.28. The summed E-state index contributed by atoms with van der Waals surface area (Å²) in [5.74, 6) is 1.000. The number of ether oxygens (including phenoxy) is 1. The Morgan fingerprint density at radius 2 is 2.21 bits per heavy atom. The van der Waals surface area contributed by atoms with E-state index < -0.39 is 6.10 Å². The molecule has 0 aliphatic carbocycles. The lowest BCUT2D eigenvalue weighted by molar-refractivity contribution is 0.204. The van der Waals surface area contributed by atoms with Crippen LogP contribution in [-0.4, -0.2) is 10.2 Å². The molecule has 0 aromatic heterocycles. The van der Waals surface area contributed by atoms with Crippen molar-refractivity contribution < 1.29 is 14.9 Å². The molecule has 2 N–H and O–H groups in total. The predicted octanol–water partition coefficient (Wildman–Crippen LogP) is 1.89. The van der Waals surface area contributed by atoms with Crippen molar-refractivity contribution in [1.82, 2.24) is 0 Å². The maximum atomic E-state index is 9.68. The first-order chi connectivity index (χ1) is 6.72. The van der Waals surface area contributed by atoms with Gasteiger partial charge in [0.05, 0.1) is 5.56 Å². The van der Waals surface area contributed by atoms with Gasteiger partial charge in [-0.25, -0.2) is 0 Å². The molecule has 72 valence electrons. The monoisotopic (exact) mass is 190 g/mol. The van der Waals surface area contributed by atoms with Crippen LogP contribution in [0.25, 0.3) is 0 Å². The van der Waals surface area contributed by atoms with E-state index in [1.165, 1.54) is 18.2 Å². The molecule has 0 saturated carbocycles. The number of aliphatic hydroxyl groups excluding tert-OH is 1. The molecule has 0 bridgehead atoms. The molecule has 0 radical (unpaired) electrons. The van der Waals surface area contributed by atoms with Crippen LogP contribution in [0.15, 0.2) is 42.7 Å². The molecule has 1 aromatic carbocycles. The van der Waals surface area contributed by atoms with Gasteiger partial charge in [-0.15, -0.1) is 0 Å². The van der Waals surface area contributed by atoms with Crippen molar-refractivity contribution in [1.29, 1.82) is 0 Å². The summed E-state index contributed by atoms with van der Waals surface area (Å²) >= 11 is 0. The van der Waals surface area contributed by atoms with Crippen molar-refractivity contribution in [2.45, 2.75) is 6.10 Å². The van der Waals surface area contributed by atoms with E-state index in [2.05, 4.69) is 6.58 Å². The number of aliphatic hydroxyl groups is 1. The third-order valence-corrected chi connectivity index (χ3v) is 2.09. The highest BCUT2D eigenvalue weighted by atomic mass is 16.5. The molecule has 0 saturated heterocycles. The van der Waals surface area contributed by atoms with E-state index in [0.717, 1.165) is 0 Å². The Hall–Kier alpha value is -1.74. The van der Waals surface area contributed by atoms with E-state index in [-0.39, 0.29) is 5.75 Å². The van der Waals surface area contributed by atoms with Gasteiger partial charge in [0.1, 0.15) is 23.4 Å². The number of hydrogen-bond donors (Lipinski definition) is 2. The van der Waals surface area contributed by atoms with Gasteiger partial charge in [0.2, 0.25) is 0 Å². The number of fused-ring (bicyclic) bond motifs is 1. The predicted molar refractivity (Wildman–Crippen MR) is 52.0 cm³/mol. The minimum absolute atomic E-state index is 0.0364. The largest absolute Gasteiger partial charge is 0.507 e. The van der Waals surface area contributed by atoms with Crippen molar-refractivity contribution in [2.75, 3.05) is 0 Å². The lowest BCUT2D eigenvalue weighted by atomic mass is 10.0. The van der Waals surface area contributed by atoms with Gasteiger partial charge in [-0.2, -0.15) is 0 Å². The number of rotatable bonds is 1. The van der Waals surface area contributed by atoms with Crippen LogP contribution in [0.4, 0.5) is 0 Å². The Bertz CT molecular complexity index is 407. The first-order valence-corrected chi connectivity index (χ1v) is 4.24. The van der Waals surface area contributed by atoms with E-state index in [1.54, 1.807) is 12.1 Å². The number of hydrogen-bond acceptors (Lipinski definition) is 3. The number of allylic oxidation sites excluding steroid dienone is 1. The number of phenolic OH excluding ortho intramolecular Hbond substituents is 1. The Morgan fingerprint density at radius 1 is 1.43 bits per heavy atom. The van der Waals surface area contributed by atoms with E-state index in [0.29, 0.717) is 17.1 Å². The second kappa shape index (κ2) is 3.20. The van der Waals surface area contributed by atoms with Gasteiger partial charge in [-0.3, -0.25) is 0 Å². The molecule has 3 heteroatoms. The van der Waals surface area contributed by atoms with Gasteiger partial charge < -0.3 is 14.9 Å². The van der Waals surface area contributed by atoms with Crippen molar-refractivity contribution in [3.05, 3.63) is 48.3 Å². The summed E-state index contributed by atoms with van der Waals surface area (Å²) in [6.07, 6.45) is 2.17. The highest BCUT2D eigenvalue weighted by Crippen LogP contribution is 2.38. The molecule has 3 nitrogen and oxygen atoms in total. The van der Waals surface area contributed by atoms with Gasteiger partial charge >= 0.3 is 0 Å². The van der Waals surface area contributed by atoms with Gasteiger partial charge in [-0.1, -0.05) is 12.6 Å². The summed E-state index contributed by atoms with van der Waals surface area (Å²) in [6.45, 7) is 3.55. The molecule has 0 amide bonds. The molecule has 1 aromatic rings. The minimum Gasteiger partial charge on any atom is -0.507 e. The Morgan fingerprint density at radius 3 is 2.93 bits per heavy atom. The first kappa shape index (κ1) is 8.84. The lowest BCUT2D eigenvalue weighted by Gasteiger charge is -2.20. The molecule has 14 heavy (non-hydrogen) atoms. The smallest absolute Gasteiger partial charge is 0.137 e. The third-order valence-electron chi connectivity index (χ3n) is 2.09. The molecule has 1 unspecified atom stereocenters. The Balaban J connectivity index is 2.52. The second-order valence-corrected chi connectivity index (χ2v) is 3.01. The molecule has 0 fully saturated rings. The summed E-state index contributed by atoms with van der Waals surface area (Å²) in [6, 6.07) is 4.86. The molecular weight excluding hydrogens is 180 g/mol. The summed E-state index contributed by atoms with van der Waals surface area (Å²) < 4.78 is 5.36. The highest BCUT2D eigenvalue weighted by Gasteiger charge is 2.21. The lowest BCUT2D eigenvalue weighted by Crippen LogP contribution is -2.07. The average Bonchev–Trinajstić information content (AvgIpc) is 2.17. The van der Waals surface area contributed by atoms with Crippen molar-refractivity contribution >= 4 is 0 Å². The zero-order valence-electron chi connectivity index (χ0n) is 7.47. The van der Waals surface area contributed by atoms with Crippen molar-refractivity contribution in [3.63, 3.8) is 0 Å². The fourth-order valence-corrected chi connectivity index (χ4v) is 1.43. The Labute approximate surface area is 81.6 Å². The van der Waals surface area contributed by atoms with E-state index in [1.807, 2.05) is 0 Å². The van der Waals surface area contributed by atoms with Crippen LogP contribution in [0, 0.1) is 0 Å². The molecule has 1 heterocycles. The van der Waals surface area contributed by atoms with Crippen LogP contribution in [0.1, 0.15) is 11.7 Å². The zero-order chi connectivity index (χ0) is 10.1. The summed E-state index contributed by atoms with van der Waals surface area (Å²) in [4.78, 5) is 0. The summed E-state index contributed by atoms with van der Waals surface area (Å²) in [7, 11) is 0. The topological polar surface area (TPSA) is 49.7 Å². The second-order valence-electron chi connectivity index (χ2n) is 3.01. The summed E-state index contributed by atoms with van der Waals surface area (Å²) in [5.41, 5.74) is 0.401. The average molecular weight is 190 g/mol. The zero-order valence-corrected chi connectivity index (χ0v) is 7.47. The maximum absolute atomic E-state index is 9.68. The molecule has 2 rings (SSSR count). The number of benzene rings is 1. The molecule has 1 aliphatic rings. The minimum atomic E-state index is -0.840. The SMILES string of the molecule is C=CC1=CC(O)c2c(O)cccc2O1. The van der Waals surface area contributed by atoms with E-state index in [4.69, 9.17) is 4.74 Å². The highest BCUT2D eigenvalue weighted by molar-refractivity contribution is 5.50. The Kier molecular flexibility index (Phi) is 2.02. The first-order valence-electron chi connectivity index (χ1n) is 4.24. The molecule has 1 atom stereocenters. The molecule has 1 aliphatic heterocycles. The van der Waals surface area contributed by atoms with Gasteiger partial charge in [0, 0.05) is 0 Å². The van der Waals surface area contributed by atoms with Crippen LogP contribution in [0.5, 0.6) is 11.5 Å². The van der Waals surface area contributed by atoms with Crippen LogP contribution in [0.3, 0.4) is 0 Å². The molecular formula is C11H10O3. The van der Waals surface area contributed by atoms with Crippen molar-refractivity contribution in [3.8, 4) is 11.5 Å². The fraction of sp³-hybridized carbons (Fsp3) is 0.0909. The van der Waals surface area contributed by atoms with Gasteiger partial charge in [0.15, 0.2) is 0 Å². The van der Waals surface area contributed by atoms with Gasteiger partial charge in [-0.05, 0) is 24.3 Å². The summed E-state index contributed by atoms with van der Waals surface area (Å²) in [5, 5.41) is 19.2.